The van der Waals surface area contributed by atoms with Crippen LogP contribution in [0, 0.1) is 11.8 Å². The normalized spacial score (nSPS) is 25.4. The number of hydrogen-bond donors (Lipinski definition) is 0. The first-order valence-corrected chi connectivity index (χ1v) is 9.29. The van der Waals surface area contributed by atoms with E-state index in [1.54, 1.807) is 0 Å². The molecule has 0 radical (unpaired) electrons. The summed E-state index contributed by atoms with van der Waals surface area (Å²) in [6, 6.07) is 10.6. The summed E-state index contributed by atoms with van der Waals surface area (Å²) < 4.78 is 5.99. The molecule has 1 aromatic rings. The molecule has 0 heterocycles. The summed E-state index contributed by atoms with van der Waals surface area (Å²) in [5.41, 5.74) is 2.05. The van der Waals surface area contributed by atoms with Crippen molar-refractivity contribution in [2.75, 3.05) is 0 Å². The molecule has 24 heavy (non-hydrogen) atoms. The van der Waals surface area contributed by atoms with E-state index in [0.29, 0.717) is 11.8 Å². The summed E-state index contributed by atoms with van der Waals surface area (Å²) in [6.07, 6.45) is 6.09. The zero-order valence-corrected chi connectivity index (χ0v) is 15.8. The van der Waals surface area contributed by atoms with E-state index in [2.05, 4.69) is 51.1 Å². The third kappa shape index (κ3) is 4.28. The zero-order valence-electron chi connectivity index (χ0n) is 15.8. The first kappa shape index (κ1) is 18.8. The second-order valence-corrected chi connectivity index (χ2v) is 7.85. The van der Waals surface area contributed by atoms with Crippen LogP contribution in [-0.2, 0) is 14.9 Å². The monoisotopic (exact) mass is 328 g/mol. The van der Waals surface area contributed by atoms with Crippen molar-refractivity contribution in [1.29, 1.82) is 0 Å². The smallest absolute Gasteiger partial charge is 0.333 e. The van der Waals surface area contributed by atoms with Crippen molar-refractivity contribution in [3.8, 4) is 0 Å². The highest BCUT2D eigenvalue weighted by molar-refractivity contribution is 5.87. The fourth-order valence-electron chi connectivity index (χ4n) is 3.99. The van der Waals surface area contributed by atoms with Crippen LogP contribution in [0.5, 0.6) is 0 Å². The Hall–Kier alpha value is -1.57. The highest BCUT2D eigenvalue weighted by atomic mass is 16.5. The van der Waals surface area contributed by atoms with Crippen LogP contribution in [0.1, 0.15) is 65.9 Å². The first-order chi connectivity index (χ1) is 11.4. The largest absolute Gasteiger partial charge is 0.459 e. The van der Waals surface area contributed by atoms with E-state index in [9.17, 15) is 4.79 Å². The van der Waals surface area contributed by atoms with Crippen LogP contribution < -0.4 is 0 Å². The molecule has 3 atom stereocenters. The SMILES string of the molecule is CC/C=C(\C)C(=O)OC1CC(C)CCC1C(C)(C)c1ccccc1. The van der Waals surface area contributed by atoms with Crippen molar-refractivity contribution in [3.63, 3.8) is 0 Å². The van der Waals surface area contributed by atoms with Gasteiger partial charge in [-0.1, -0.05) is 70.5 Å². The molecule has 0 bridgehead atoms. The second-order valence-electron chi connectivity index (χ2n) is 7.85. The lowest BCUT2D eigenvalue weighted by Crippen LogP contribution is -2.43. The van der Waals surface area contributed by atoms with Gasteiger partial charge in [-0.15, -0.1) is 0 Å². The topological polar surface area (TPSA) is 26.3 Å². The van der Waals surface area contributed by atoms with E-state index < -0.39 is 0 Å². The molecule has 2 rings (SSSR count). The number of carbonyl (C=O) groups is 1. The fraction of sp³-hybridized carbons (Fsp3) is 0.591. The molecule has 1 fully saturated rings. The molecule has 3 unspecified atom stereocenters. The molecule has 0 spiro atoms. The van der Waals surface area contributed by atoms with Crippen LogP contribution in [0.25, 0.3) is 0 Å². The quantitative estimate of drug-likeness (QED) is 0.514. The van der Waals surface area contributed by atoms with Gasteiger partial charge >= 0.3 is 5.97 Å². The van der Waals surface area contributed by atoms with E-state index in [0.717, 1.165) is 24.8 Å². The highest BCUT2D eigenvalue weighted by Gasteiger charge is 2.41. The summed E-state index contributed by atoms with van der Waals surface area (Å²) >= 11 is 0. The van der Waals surface area contributed by atoms with Crippen LogP contribution >= 0.6 is 0 Å². The molecule has 2 nitrogen and oxygen atoms in total. The van der Waals surface area contributed by atoms with E-state index in [1.807, 2.05) is 19.9 Å². The molecule has 0 N–H and O–H groups in total. The molecule has 132 valence electrons. The number of benzene rings is 1. The predicted octanol–water partition coefficient (Wildman–Crippen LogP) is 5.67. The van der Waals surface area contributed by atoms with Crippen molar-refractivity contribution in [2.24, 2.45) is 11.8 Å². The van der Waals surface area contributed by atoms with Gasteiger partial charge in [0.1, 0.15) is 6.10 Å². The van der Waals surface area contributed by atoms with E-state index in [4.69, 9.17) is 4.74 Å². The number of hydrogen-bond acceptors (Lipinski definition) is 2. The van der Waals surface area contributed by atoms with Crippen molar-refractivity contribution in [1.82, 2.24) is 0 Å². The number of rotatable bonds is 5. The Kier molecular flexibility index (Phi) is 6.26. The lowest BCUT2D eigenvalue weighted by atomic mass is 9.64. The Morgan fingerprint density at radius 2 is 1.92 bits per heavy atom. The predicted molar refractivity (Wildman–Crippen MR) is 99.9 cm³/mol. The molecular weight excluding hydrogens is 296 g/mol. The van der Waals surface area contributed by atoms with Gasteiger partial charge in [-0.25, -0.2) is 4.79 Å². The molecular formula is C22H32O2. The molecule has 1 aromatic carbocycles. The average Bonchev–Trinajstić information content (AvgIpc) is 2.55. The van der Waals surface area contributed by atoms with E-state index in [1.165, 1.54) is 12.0 Å². The van der Waals surface area contributed by atoms with Crippen LogP contribution in [0.15, 0.2) is 42.0 Å². The molecule has 2 heteroatoms. The molecule has 0 aromatic heterocycles. The number of carbonyl (C=O) groups excluding carboxylic acids is 1. The van der Waals surface area contributed by atoms with Crippen LogP contribution in [0.2, 0.25) is 0 Å². The average molecular weight is 328 g/mol. The molecule has 1 saturated carbocycles. The van der Waals surface area contributed by atoms with Gasteiger partial charge in [-0.05, 0) is 43.1 Å². The summed E-state index contributed by atoms with van der Waals surface area (Å²) in [4.78, 5) is 12.4. The second kappa shape index (κ2) is 8.00. The minimum absolute atomic E-state index is 0.00309. The summed E-state index contributed by atoms with van der Waals surface area (Å²) in [5, 5.41) is 0. The highest BCUT2D eigenvalue weighted by Crippen LogP contribution is 2.43. The third-order valence-corrected chi connectivity index (χ3v) is 5.59. The maximum atomic E-state index is 12.4. The van der Waals surface area contributed by atoms with Gasteiger partial charge < -0.3 is 4.74 Å². The van der Waals surface area contributed by atoms with Crippen molar-refractivity contribution >= 4 is 5.97 Å². The Morgan fingerprint density at radius 1 is 1.25 bits per heavy atom. The van der Waals surface area contributed by atoms with Crippen LogP contribution in [0.3, 0.4) is 0 Å². The molecule has 0 saturated heterocycles. The van der Waals surface area contributed by atoms with Crippen LogP contribution in [0.4, 0.5) is 0 Å². The molecule has 0 amide bonds. The Labute approximate surface area is 147 Å². The fourth-order valence-corrected chi connectivity index (χ4v) is 3.99. The summed E-state index contributed by atoms with van der Waals surface area (Å²) in [6.45, 7) is 10.7. The van der Waals surface area contributed by atoms with Gasteiger partial charge in [0.15, 0.2) is 0 Å². The summed E-state index contributed by atoms with van der Waals surface area (Å²) in [5.74, 6) is 0.820. The molecule has 0 aliphatic heterocycles. The zero-order chi connectivity index (χ0) is 17.7. The molecule has 1 aliphatic rings. The van der Waals surface area contributed by atoms with Gasteiger partial charge in [-0.3, -0.25) is 0 Å². The van der Waals surface area contributed by atoms with Crippen molar-refractivity contribution in [2.45, 2.75) is 71.8 Å². The Morgan fingerprint density at radius 3 is 2.54 bits per heavy atom. The molecule has 1 aliphatic carbocycles. The Bertz CT molecular complexity index is 571. The van der Waals surface area contributed by atoms with Crippen LogP contribution in [-0.4, -0.2) is 12.1 Å². The number of esters is 1. The van der Waals surface area contributed by atoms with Gasteiger partial charge in [-0.2, -0.15) is 0 Å². The van der Waals surface area contributed by atoms with Gasteiger partial charge in [0.05, 0.1) is 0 Å². The third-order valence-electron chi connectivity index (χ3n) is 5.59. The van der Waals surface area contributed by atoms with Crippen molar-refractivity contribution < 1.29 is 9.53 Å². The first-order valence-electron chi connectivity index (χ1n) is 9.29. The van der Waals surface area contributed by atoms with Gasteiger partial charge in [0.25, 0.3) is 0 Å². The van der Waals surface area contributed by atoms with E-state index >= 15 is 0 Å². The number of ether oxygens (including phenoxy) is 1. The minimum atomic E-state index is -0.148. The Balaban J connectivity index is 2.22. The van der Waals surface area contributed by atoms with Gasteiger partial charge in [0, 0.05) is 11.5 Å². The summed E-state index contributed by atoms with van der Waals surface area (Å²) in [7, 11) is 0. The number of allylic oxidation sites excluding steroid dienone is 1. The standard InChI is InChI=1S/C22H32O2/c1-6-10-17(3)21(23)24-20-15-16(2)13-14-19(20)22(4,5)18-11-8-7-9-12-18/h7-12,16,19-20H,6,13-15H2,1-5H3/b17-10+. The minimum Gasteiger partial charge on any atom is -0.459 e. The van der Waals surface area contributed by atoms with E-state index in [-0.39, 0.29) is 17.5 Å². The lowest BCUT2D eigenvalue weighted by Gasteiger charge is -2.44. The maximum absolute atomic E-state index is 12.4. The maximum Gasteiger partial charge on any atom is 0.333 e. The van der Waals surface area contributed by atoms with Gasteiger partial charge in [0.2, 0.25) is 0 Å². The lowest BCUT2D eigenvalue weighted by molar-refractivity contribution is -0.151. The van der Waals surface area contributed by atoms with Crippen molar-refractivity contribution in [3.05, 3.63) is 47.5 Å².